The maximum atomic E-state index is 12.8. The van der Waals surface area contributed by atoms with E-state index in [0.29, 0.717) is 11.0 Å². The van der Waals surface area contributed by atoms with Gasteiger partial charge >= 0.3 is 5.97 Å². The molecular formula is C20H19N5O9. The van der Waals surface area contributed by atoms with Gasteiger partial charge in [0.1, 0.15) is 17.3 Å². The van der Waals surface area contributed by atoms with Gasteiger partial charge in [0.05, 0.1) is 24.2 Å². The number of anilines is 1. The molecule has 1 amide bonds. The molecule has 3 unspecified atom stereocenters. The number of benzene rings is 2. The molecule has 0 bridgehead atoms. The van der Waals surface area contributed by atoms with Crippen LogP contribution in [-0.2, 0) is 25.5 Å². The van der Waals surface area contributed by atoms with Crippen molar-refractivity contribution in [1.82, 2.24) is 9.97 Å². The van der Waals surface area contributed by atoms with Crippen LogP contribution in [0.4, 0.5) is 17.1 Å². The van der Waals surface area contributed by atoms with Gasteiger partial charge in [-0.25, -0.2) is 15.4 Å². The Balaban J connectivity index is 1.89. The minimum absolute atomic E-state index is 0.188. The maximum Gasteiger partial charge on any atom is 0.317 e. The number of methoxy groups -OCH3 is 1. The molecule has 6 N–H and O–H groups in total. The van der Waals surface area contributed by atoms with Gasteiger partial charge in [-0.2, -0.15) is 10.5 Å². The van der Waals surface area contributed by atoms with E-state index in [0.717, 1.165) is 25.3 Å². The van der Waals surface area contributed by atoms with Gasteiger partial charge < -0.3 is 25.5 Å². The molecule has 0 aliphatic carbocycles. The SMILES string of the molecule is COC(=O)C(Cc1nc2ccccc2[nH]c1=O)C(=O)C(=O)Nc1ccc([NH+]([O-])O)cc1[NH+]([O-])O. The van der Waals surface area contributed by atoms with E-state index in [1.807, 2.05) is 0 Å². The van der Waals surface area contributed by atoms with Crippen molar-refractivity contribution in [3.63, 3.8) is 0 Å². The van der Waals surface area contributed by atoms with Crippen LogP contribution in [0.1, 0.15) is 5.69 Å². The highest BCUT2D eigenvalue weighted by atomic mass is 16.8. The number of para-hydroxylation sites is 2. The number of amides is 1. The third-order valence-corrected chi connectivity index (χ3v) is 4.84. The molecule has 0 radical (unpaired) electrons. The number of hydrogen-bond acceptors (Lipinski definition) is 10. The monoisotopic (exact) mass is 473 g/mol. The molecule has 1 heterocycles. The summed E-state index contributed by atoms with van der Waals surface area (Å²) in [5, 5.41) is 40.0. The smallest absolute Gasteiger partial charge is 0.317 e. The number of carbonyl (C=O) groups is 3. The fourth-order valence-electron chi connectivity index (χ4n) is 3.13. The molecule has 0 saturated carbocycles. The quantitative estimate of drug-likeness (QED) is 0.0941. The zero-order chi connectivity index (χ0) is 25.0. The minimum atomic E-state index is -1.74. The molecule has 1 aromatic heterocycles. The number of H-pyrrole nitrogens is 1. The summed E-state index contributed by atoms with van der Waals surface area (Å²) in [6.45, 7) is 0. The maximum absolute atomic E-state index is 12.8. The first-order valence-electron chi connectivity index (χ1n) is 9.64. The van der Waals surface area contributed by atoms with E-state index in [1.54, 1.807) is 24.3 Å². The lowest BCUT2D eigenvalue weighted by Gasteiger charge is -2.19. The standard InChI is InChI=1S/C20H19N5O9/c1-34-20(29)11(9-15-18(27)22-13-5-3-2-4-12(13)21-15)17(26)19(28)23-14-7-6-10(24(30)31)8-16(14)25(32)33/h2-8,11,24-25,30,32H,9H2,1H3,(H,22,27)(H,23,28). The van der Waals surface area contributed by atoms with Gasteiger partial charge in [0, 0.05) is 12.5 Å². The third kappa shape index (κ3) is 5.29. The number of quaternary nitrogens is 2. The molecule has 0 aliphatic heterocycles. The molecule has 14 nitrogen and oxygen atoms in total. The lowest BCUT2D eigenvalue weighted by atomic mass is 9.97. The number of esters is 1. The van der Waals surface area contributed by atoms with Crippen LogP contribution >= 0.6 is 0 Å². The van der Waals surface area contributed by atoms with Crippen LogP contribution in [0.2, 0.25) is 0 Å². The Morgan fingerprint density at radius 1 is 1.15 bits per heavy atom. The van der Waals surface area contributed by atoms with E-state index in [9.17, 15) is 34.8 Å². The third-order valence-electron chi connectivity index (χ3n) is 4.84. The molecule has 3 aromatic rings. The lowest BCUT2D eigenvalue weighted by Crippen LogP contribution is -3.00. The molecule has 0 saturated heterocycles. The lowest BCUT2D eigenvalue weighted by molar-refractivity contribution is -0.996. The van der Waals surface area contributed by atoms with E-state index in [2.05, 4.69) is 20.0 Å². The Kier molecular flexibility index (Phi) is 7.42. The van der Waals surface area contributed by atoms with Crippen LogP contribution in [0.15, 0.2) is 47.3 Å². The number of aromatic nitrogens is 2. The first-order chi connectivity index (χ1) is 16.1. The number of nitrogens with zero attached hydrogens (tertiary/aromatic N) is 1. The van der Waals surface area contributed by atoms with E-state index < -0.39 is 51.7 Å². The topological polar surface area (TPSA) is 214 Å². The van der Waals surface area contributed by atoms with Crippen molar-refractivity contribution in [2.45, 2.75) is 6.42 Å². The van der Waals surface area contributed by atoms with Crippen LogP contribution in [-0.4, -0.2) is 45.2 Å². The molecule has 0 aliphatic rings. The van der Waals surface area contributed by atoms with E-state index in [1.165, 1.54) is 0 Å². The fraction of sp³-hybridized carbons (Fsp3) is 0.150. The van der Waals surface area contributed by atoms with Crippen LogP contribution < -0.4 is 21.3 Å². The second kappa shape index (κ2) is 10.3. The number of hydrogen-bond donors (Lipinski definition) is 6. The number of rotatable bonds is 8. The van der Waals surface area contributed by atoms with E-state index >= 15 is 0 Å². The highest BCUT2D eigenvalue weighted by Gasteiger charge is 2.34. The second-order valence-electron chi connectivity index (χ2n) is 7.00. The number of aromatic amines is 1. The highest BCUT2D eigenvalue weighted by molar-refractivity contribution is 6.44. The summed E-state index contributed by atoms with van der Waals surface area (Å²) in [5.74, 6) is -5.52. The van der Waals surface area contributed by atoms with Crippen molar-refractivity contribution >= 4 is 45.8 Å². The second-order valence-corrected chi connectivity index (χ2v) is 7.00. The van der Waals surface area contributed by atoms with Gasteiger partial charge in [0.15, 0.2) is 11.4 Å². The van der Waals surface area contributed by atoms with Crippen LogP contribution in [0.3, 0.4) is 0 Å². The first kappa shape index (κ1) is 24.6. The summed E-state index contributed by atoms with van der Waals surface area (Å²) in [7, 11) is 0.992. The highest BCUT2D eigenvalue weighted by Crippen LogP contribution is 2.21. The molecule has 0 fully saturated rings. The zero-order valence-electron chi connectivity index (χ0n) is 17.5. The van der Waals surface area contributed by atoms with Crippen molar-refractivity contribution in [2.75, 3.05) is 12.4 Å². The minimum Gasteiger partial charge on any atom is -0.595 e. The molecule has 2 aromatic carbocycles. The van der Waals surface area contributed by atoms with Crippen molar-refractivity contribution in [3.05, 3.63) is 68.9 Å². The van der Waals surface area contributed by atoms with Crippen LogP contribution in [0.5, 0.6) is 0 Å². The number of fused-ring (bicyclic) bond motifs is 1. The summed E-state index contributed by atoms with van der Waals surface area (Å²) < 4.78 is 4.60. The summed E-state index contributed by atoms with van der Waals surface area (Å²) in [4.78, 5) is 56.7. The van der Waals surface area contributed by atoms with E-state index in [4.69, 9.17) is 5.21 Å². The number of ketones is 1. The van der Waals surface area contributed by atoms with Gasteiger partial charge in [-0.3, -0.25) is 19.2 Å². The summed E-state index contributed by atoms with van der Waals surface area (Å²) in [6, 6.07) is 9.40. The van der Waals surface area contributed by atoms with Crippen molar-refractivity contribution in [3.8, 4) is 0 Å². The summed E-state index contributed by atoms with van der Waals surface area (Å²) in [6.07, 6.45) is -0.553. The fourth-order valence-corrected chi connectivity index (χ4v) is 3.13. The summed E-state index contributed by atoms with van der Waals surface area (Å²) >= 11 is 0. The Labute approximate surface area is 190 Å². The van der Waals surface area contributed by atoms with Gasteiger partial charge in [-0.15, -0.1) is 0 Å². The Morgan fingerprint density at radius 2 is 1.85 bits per heavy atom. The van der Waals surface area contributed by atoms with Crippen LogP contribution in [0.25, 0.3) is 11.0 Å². The van der Waals surface area contributed by atoms with Gasteiger partial charge in [-0.05, 0) is 18.2 Å². The van der Waals surface area contributed by atoms with Crippen molar-refractivity contribution < 1.29 is 40.0 Å². The molecule has 14 heteroatoms. The largest absolute Gasteiger partial charge is 0.595 e. The predicted molar refractivity (Wildman–Crippen MR) is 113 cm³/mol. The van der Waals surface area contributed by atoms with E-state index in [-0.39, 0.29) is 17.1 Å². The average molecular weight is 473 g/mol. The average Bonchev–Trinajstić information content (AvgIpc) is 2.81. The predicted octanol–water partition coefficient (Wildman–Crippen LogP) is -1.73. The molecular weight excluding hydrogens is 454 g/mol. The number of carbonyl (C=O) groups excluding carboxylic acids is 3. The van der Waals surface area contributed by atoms with Gasteiger partial charge in [0.2, 0.25) is 5.78 Å². The first-order valence-corrected chi connectivity index (χ1v) is 9.64. The van der Waals surface area contributed by atoms with Gasteiger partial charge in [0.25, 0.3) is 11.5 Å². The van der Waals surface area contributed by atoms with Crippen molar-refractivity contribution in [2.24, 2.45) is 5.92 Å². The number of Topliss-reactive ketones (excluding diaryl/α,β-unsaturated/α-hetero) is 1. The molecule has 178 valence electrons. The van der Waals surface area contributed by atoms with Crippen LogP contribution in [0, 0.1) is 16.3 Å². The molecule has 34 heavy (non-hydrogen) atoms. The Hall–Kier alpha value is -4.05. The normalized spacial score (nSPS) is 13.7. The van der Waals surface area contributed by atoms with Gasteiger partial charge in [-0.1, -0.05) is 12.1 Å². The number of nitrogens with one attached hydrogen (secondary N) is 4. The Bertz CT molecular complexity index is 1310. The molecule has 0 spiro atoms. The molecule has 3 atom stereocenters. The summed E-state index contributed by atoms with van der Waals surface area (Å²) in [5.41, 5.74) is -1.33. The number of ether oxygens (including phenoxy) is 1. The molecule has 3 rings (SSSR count). The van der Waals surface area contributed by atoms with Crippen molar-refractivity contribution in [1.29, 1.82) is 0 Å². The Morgan fingerprint density at radius 3 is 2.50 bits per heavy atom. The zero-order valence-corrected chi connectivity index (χ0v) is 17.5.